The maximum atomic E-state index is 12.1. The van der Waals surface area contributed by atoms with Gasteiger partial charge >= 0.3 is 5.97 Å². The topological polar surface area (TPSA) is 78.9 Å². The highest BCUT2D eigenvalue weighted by atomic mass is 35.5. The van der Waals surface area contributed by atoms with E-state index in [0.717, 1.165) is 12.8 Å². The van der Waals surface area contributed by atoms with Gasteiger partial charge in [0.05, 0.1) is 18.7 Å². The van der Waals surface area contributed by atoms with Crippen molar-refractivity contribution < 1.29 is 19.4 Å². The van der Waals surface area contributed by atoms with Crippen LogP contribution in [0.4, 0.5) is 5.69 Å². The summed E-state index contributed by atoms with van der Waals surface area (Å²) in [5, 5.41) is 12.3. The Morgan fingerprint density at radius 1 is 1.43 bits per heavy atom. The van der Waals surface area contributed by atoms with Crippen LogP contribution in [0.2, 0.25) is 5.02 Å². The number of nitrogens with zero attached hydrogens (tertiary/aromatic N) is 1. The molecule has 0 spiro atoms. The molecule has 128 valence electrons. The number of hydrogen-bond acceptors (Lipinski definition) is 4. The van der Waals surface area contributed by atoms with E-state index in [1.807, 2.05) is 0 Å². The van der Waals surface area contributed by atoms with Crippen LogP contribution in [0.5, 0.6) is 5.75 Å². The summed E-state index contributed by atoms with van der Waals surface area (Å²) in [6.07, 6.45) is 2.37. The van der Waals surface area contributed by atoms with Crippen LogP contribution in [-0.4, -0.2) is 48.1 Å². The lowest BCUT2D eigenvalue weighted by molar-refractivity contribution is -0.145. The van der Waals surface area contributed by atoms with E-state index in [9.17, 15) is 14.7 Å². The van der Waals surface area contributed by atoms with E-state index < -0.39 is 12.0 Å². The molecular formula is C15H20Cl2N2O4. The number of carbonyl (C=O) groups excluding carboxylic acids is 1. The highest BCUT2D eigenvalue weighted by Crippen LogP contribution is 2.27. The molecule has 1 unspecified atom stereocenters. The number of benzene rings is 1. The molecule has 1 saturated heterocycles. The molecule has 2 rings (SSSR count). The number of likely N-dealkylation sites (tertiary alicyclic amines) is 1. The van der Waals surface area contributed by atoms with Crippen molar-refractivity contribution in [3.05, 3.63) is 23.2 Å². The van der Waals surface area contributed by atoms with Crippen LogP contribution in [0.25, 0.3) is 0 Å². The van der Waals surface area contributed by atoms with Gasteiger partial charge in [0.15, 0.2) is 0 Å². The molecule has 2 N–H and O–H groups in total. The molecule has 1 aliphatic rings. The zero-order chi connectivity index (χ0) is 16.1. The van der Waals surface area contributed by atoms with Crippen molar-refractivity contribution >= 4 is 41.6 Å². The van der Waals surface area contributed by atoms with Crippen molar-refractivity contribution in [1.82, 2.24) is 4.90 Å². The van der Waals surface area contributed by atoms with Crippen LogP contribution in [0.1, 0.15) is 19.3 Å². The van der Waals surface area contributed by atoms with Crippen molar-refractivity contribution in [1.29, 1.82) is 0 Å². The number of carboxylic acid groups (broad SMARTS) is 1. The normalized spacial score (nSPS) is 17.9. The monoisotopic (exact) mass is 362 g/mol. The van der Waals surface area contributed by atoms with E-state index in [0.29, 0.717) is 29.4 Å². The standard InChI is InChI=1S/C15H19ClN2O4.ClH/c1-22-13-6-5-10(8-11(13)16)17-14(19)9-18-7-3-2-4-12(18)15(20)21;/h5-6,8,12H,2-4,7,9H2,1H3,(H,17,19)(H,20,21);1H. The van der Waals surface area contributed by atoms with Crippen LogP contribution < -0.4 is 10.1 Å². The van der Waals surface area contributed by atoms with Crippen molar-refractivity contribution in [3.8, 4) is 5.75 Å². The van der Waals surface area contributed by atoms with Gasteiger partial charge in [0.1, 0.15) is 11.8 Å². The molecule has 6 nitrogen and oxygen atoms in total. The zero-order valence-electron chi connectivity index (χ0n) is 12.8. The van der Waals surface area contributed by atoms with Crippen LogP contribution in [0, 0.1) is 0 Å². The number of halogens is 2. The average Bonchev–Trinajstić information content (AvgIpc) is 2.47. The van der Waals surface area contributed by atoms with Crippen LogP contribution in [-0.2, 0) is 9.59 Å². The van der Waals surface area contributed by atoms with Gasteiger partial charge in [0.25, 0.3) is 0 Å². The van der Waals surface area contributed by atoms with E-state index in [1.165, 1.54) is 7.11 Å². The van der Waals surface area contributed by atoms with Crippen LogP contribution in [0.3, 0.4) is 0 Å². The van der Waals surface area contributed by atoms with Crippen LogP contribution >= 0.6 is 24.0 Å². The summed E-state index contributed by atoms with van der Waals surface area (Å²) in [5.74, 6) is -0.601. The van der Waals surface area contributed by atoms with E-state index in [-0.39, 0.29) is 24.9 Å². The molecule has 0 saturated carbocycles. The number of carbonyl (C=O) groups is 2. The number of aliphatic carboxylic acids is 1. The highest BCUT2D eigenvalue weighted by Gasteiger charge is 2.29. The molecule has 8 heteroatoms. The van der Waals surface area contributed by atoms with Crippen molar-refractivity contribution in [2.45, 2.75) is 25.3 Å². The van der Waals surface area contributed by atoms with E-state index in [2.05, 4.69) is 5.32 Å². The third-order valence-electron chi connectivity index (χ3n) is 3.68. The molecule has 1 fully saturated rings. The third-order valence-corrected chi connectivity index (χ3v) is 3.98. The maximum Gasteiger partial charge on any atom is 0.320 e. The first-order valence-corrected chi connectivity index (χ1v) is 7.49. The predicted molar refractivity (Wildman–Crippen MR) is 90.7 cm³/mol. The molecule has 1 heterocycles. The summed E-state index contributed by atoms with van der Waals surface area (Å²) in [4.78, 5) is 25.0. The second-order valence-corrected chi connectivity index (χ2v) is 5.62. The minimum absolute atomic E-state index is 0. The first kappa shape index (κ1) is 19.5. The van der Waals surface area contributed by atoms with E-state index >= 15 is 0 Å². The van der Waals surface area contributed by atoms with Gasteiger partial charge in [0.2, 0.25) is 5.91 Å². The van der Waals surface area contributed by atoms with Crippen molar-refractivity contribution in [2.75, 3.05) is 25.5 Å². The Morgan fingerprint density at radius 3 is 2.78 bits per heavy atom. The van der Waals surface area contributed by atoms with Crippen LogP contribution in [0.15, 0.2) is 18.2 Å². The van der Waals surface area contributed by atoms with E-state index in [4.69, 9.17) is 16.3 Å². The van der Waals surface area contributed by atoms with Gasteiger partial charge in [-0.3, -0.25) is 14.5 Å². The number of hydrogen-bond donors (Lipinski definition) is 2. The summed E-state index contributed by atoms with van der Waals surface area (Å²) in [7, 11) is 1.52. The number of piperidine rings is 1. The Morgan fingerprint density at radius 2 is 2.17 bits per heavy atom. The SMILES string of the molecule is COc1ccc(NC(=O)CN2CCCCC2C(=O)O)cc1Cl.Cl. The van der Waals surface area contributed by atoms with Gasteiger partial charge in [-0.15, -0.1) is 12.4 Å². The minimum Gasteiger partial charge on any atom is -0.495 e. The van der Waals surface area contributed by atoms with Gasteiger partial charge in [-0.2, -0.15) is 0 Å². The maximum absolute atomic E-state index is 12.1. The summed E-state index contributed by atoms with van der Waals surface area (Å²) in [6, 6.07) is 4.37. The molecular weight excluding hydrogens is 343 g/mol. The van der Waals surface area contributed by atoms with Gasteiger partial charge in [0, 0.05) is 5.69 Å². The largest absolute Gasteiger partial charge is 0.495 e. The molecule has 1 aliphatic heterocycles. The fraction of sp³-hybridized carbons (Fsp3) is 0.467. The molecule has 1 atom stereocenters. The smallest absolute Gasteiger partial charge is 0.320 e. The fourth-order valence-electron chi connectivity index (χ4n) is 2.59. The molecule has 0 aliphatic carbocycles. The highest BCUT2D eigenvalue weighted by molar-refractivity contribution is 6.32. The molecule has 1 aromatic rings. The lowest BCUT2D eigenvalue weighted by atomic mass is 10.0. The van der Waals surface area contributed by atoms with Gasteiger partial charge < -0.3 is 15.2 Å². The van der Waals surface area contributed by atoms with Crippen molar-refractivity contribution in [2.24, 2.45) is 0 Å². The Bertz CT molecular complexity index is 568. The first-order chi connectivity index (χ1) is 10.5. The third kappa shape index (κ3) is 5.27. The summed E-state index contributed by atoms with van der Waals surface area (Å²) in [6.45, 7) is 0.675. The molecule has 1 aromatic carbocycles. The van der Waals surface area contributed by atoms with Gasteiger partial charge in [-0.05, 0) is 37.6 Å². The zero-order valence-corrected chi connectivity index (χ0v) is 14.3. The number of amides is 1. The lowest BCUT2D eigenvalue weighted by Gasteiger charge is -2.32. The first-order valence-electron chi connectivity index (χ1n) is 7.11. The number of nitrogens with one attached hydrogen (secondary N) is 1. The Hall–Kier alpha value is -1.50. The van der Waals surface area contributed by atoms with Gasteiger partial charge in [-0.25, -0.2) is 0 Å². The molecule has 1 amide bonds. The predicted octanol–water partition coefficient (Wildman–Crippen LogP) is 2.65. The molecule has 0 radical (unpaired) electrons. The molecule has 0 bridgehead atoms. The number of methoxy groups -OCH3 is 1. The summed E-state index contributed by atoms with van der Waals surface area (Å²) < 4.78 is 5.05. The lowest BCUT2D eigenvalue weighted by Crippen LogP contribution is -2.47. The summed E-state index contributed by atoms with van der Waals surface area (Å²) >= 11 is 6.01. The minimum atomic E-state index is -0.875. The number of carboxylic acids is 1. The van der Waals surface area contributed by atoms with Crippen molar-refractivity contribution in [3.63, 3.8) is 0 Å². The van der Waals surface area contributed by atoms with E-state index in [1.54, 1.807) is 23.1 Å². The molecule has 23 heavy (non-hydrogen) atoms. The second-order valence-electron chi connectivity index (χ2n) is 5.22. The number of rotatable bonds is 5. The fourth-order valence-corrected chi connectivity index (χ4v) is 2.85. The van der Waals surface area contributed by atoms with Gasteiger partial charge in [-0.1, -0.05) is 18.0 Å². The quantitative estimate of drug-likeness (QED) is 0.841. The Kier molecular flexibility index (Phi) is 7.61. The molecule has 0 aromatic heterocycles. The second kappa shape index (κ2) is 8.96. The number of ether oxygens (including phenoxy) is 1. The summed E-state index contributed by atoms with van der Waals surface area (Å²) in [5.41, 5.74) is 0.555. The Balaban J connectivity index is 0.00000264. The average molecular weight is 363 g/mol. The Labute approximate surface area is 146 Å². The number of anilines is 1.